The summed E-state index contributed by atoms with van der Waals surface area (Å²) >= 11 is 0. The summed E-state index contributed by atoms with van der Waals surface area (Å²) < 4.78 is 47.3. The lowest BCUT2D eigenvalue weighted by molar-refractivity contribution is -0.384. The Balaban J connectivity index is 2.26. The van der Waals surface area contributed by atoms with Crippen LogP contribution in [0.1, 0.15) is 37.8 Å². The zero-order chi connectivity index (χ0) is 18.6. The van der Waals surface area contributed by atoms with E-state index < -0.39 is 28.0 Å². The van der Waals surface area contributed by atoms with Crippen LogP contribution in [0.2, 0.25) is 0 Å². The second kappa shape index (κ2) is 5.78. The standard InChI is InChI=1S/C17H20F3N2O3/c1-10-5-4-6-21(9-10)14-12(22(23)24)7-11-8-16(2,3)25-15(11)13(14)17(18,19)20/h7,10H,1,4-6,8-9H2,2-3H3/t10-/m1/s1. The minimum absolute atomic E-state index is 0.0694. The highest BCUT2D eigenvalue weighted by Gasteiger charge is 2.47. The second-order valence-electron chi connectivity index (χ2n) is 7.36. The van der Waals surface area contributed by atoms with Gasteiger partial charge in [0.25, 0.3) is 5.69 Å². The molecule has 0 saturated carbocycles. The molecule has 2 aliphatic rings. The summed E-state index contributed by atoms with van der Waals surface area (Å²) in [6.07, 6.45) is -3.11. The highest BCUT2D eigenvalue weighted by atomic mass is 19.4. The van der Waals surface area contributed by atoms with E-state index in [1.807, 2.05) is 0 Å². The first kappa shape index (κ1) is 17.8. The van der Waals surface area contributed by atoms with Crippen LogP contribution in [0.3, 0.4) is 0 Å². The maximum absolute atomic E-state index is 13.9. The highest BCUT2D eigenvalue weighted by molar-refractivity contribution is 5.75. The molecule has 1 radical (unpaired) electrons. The summed E-state index contributed by atoms with van der Waals surface area (Å²) in [6.45, 7) is 7.84. The number of halogens is 3. The lowest BCUT2D eigenvalue weighted by Gasteiger charge is -2.34. The quantitative estimate of drug-likeness (QED) is 0.582. The number of fused-ring (bicyclic) bond motifs is 1. The van der Waals surface area contributed by atoms with E-state index in [-0.39, 0.29) is 35.9 Å². The molecule has 1 atom stereocenters. The van der Waals surface area contributed by atoms with Gasteiger partial charge >= 0.3 is 6.18 Å². The van der Waals surface area contributed by atoms with Gasteiger partial charge in [-0.25, -0.2) is 0 Å². The van der Waals surface area contributed by atoms with Crippen LogP contribution in [0.4, 0.5) is 24.5 Å². The van der Waals surface area contributed by atoms with E-state index in [0.717, 1.165) is 6.42 Å². The van der Waals surface area contributed by atoms with Crippen LogP contribution in [-0.2, 0) is 12.6 Å². The number of ether oxygens (including phenoxy) is 1. The first-order valence-corrected chi connectivity index (χ1v) is 8.18. The van der Waals surface area contributed by atoms with Crippen molar-refractivity contribution in [1.82, 2.24) is 0 Å². The van der Waals surface area contributed by atoms with Crippen molar-refractivity contribution < 1.29 is 22.8 Å². The molecule has 1 aromatic rings. The molecule has 2 heterocycles. The van der Waals surface area contributed by atoms with E-state index in [4.69, 9.17) is 4.74 Å². The fraction of sp³-hybridized carbons (Fsp3) is 0.588. The average molecular weight is 357 g/mol. The van der Waals surface area contributed by atoms with Crippen molar-refractivity contribution in [3.8, 4) is 5.75 Å². The first-order chi connectivity index (χ1) is 11.5. The summed E-state index contributed by atoms with van der Waals surface area (Å²) in [4.78, 5) is 12.2. The molecule has 0 aliphatic carbocycles. The van der Waals surface area contributed by atoms with Crippen molar-refractivity contribution in [3.05, 3.63) is 34.2 Å². The fourth-order valence-corrected chi connectivity index (χ4v) is 3.70. The predicted octanol–water partition coefficient (Wildman–Crippen LogP) is 4.38. The van der Waals surface area contributed by atoms with Crippen LogP contribution in [0.15, 0.2) is 6.07 Å². The SMILES string of the molecule is [CH2][C@@H]1CCCN(c2c([N+](=O)[O-])cc3c(c2C(F)(F)F)OC(C)(C)C3)C1. The molecule has 8 heteroatoms. The van der Waals surface area contributed by atoms with Crippen molar-refractivity contribution in [2.45, 2.75) is 44.9 Å². The summed E-state index contributed by atoms with van der Waals surface area (Å²) in [5.74, 6) is -0.343. The topological polar surface area (TPSA) is 55.6 Å². The molecule has 1 fully saturated rings. The molecule has 2 aliphatic heterocycles. The number of hydrogen-bond acceptors (Lipinski definition) is 4. The van der Waals surface area contributed by atoms with Crippen molar-refractivity contribution in [3.63, 3.8) is 0 Å². The van der Waals surface area contributed by atoms with Crippen LogP contribution in [-0.4, -0.2) is 23.6 Å². The molecule has 1 aromatic carbocycles. The van der Waals surface area contributed by atoms with Gasteiger partial charge in [0.2, 0.25) is 0 Å². The summed E-state index contributed by atoms with van der Waals surface area (Å²) in [5, 5.41) is 11.5. The number of anilines is 1. The van der Waals surface area contributed by atoms with Crippen molar-refractivity contribution in [2.24, 2.45) is 5.92 Å². The molecule has 0 aromatic heterocycles. The van der Waals surface area contributed by atoms with Crippen LogP contribution in [0.5, 0.6) is 5.75 Å². The molecule has 3 rings (SSSR count). The Kier molecular flexibility index (Phi) is 4.12. The Hall–Kier alpha value is -1.99. The molecule has 5 nitrogen and oxygen atoms in total. The van der Waals surface area contributed by atoms with Crippen LogP contribution >= 0.6 is 0 Å². The zero-order valence-corrected chi connectivity index (χ0v) is 14.2. The van der Waals surface area contributed by atoms with E-state index in [9.17, 15) is 23.3 Å². The molecule has 1 saturated heterocycles. The minimum atomic E-state index is -4.75. The number of benzene rings is 1. The third kappa shape index (κ3) is 3.26. The number of hydrogen-bond donors (Lipinski definition) is 0. The number of nitro benzene ring substituents is 1. The Labute approximate surface area is 143 Å². The van der Waals surface area contributed by atoms with Gasteiger partial charge in [0.05, 0.1) is 4.92 Å². The van der Waals surface area contributed by atoms with Gasteiger partial charge in [0.1, 0.15) is 22.6 Å². The molecule has 0 N–H and O–H groups in total. The molecule has 137 valence electrons. The van der Waals surface area contributed by atoms with E-state index in [1.54, 1.807) is 13.8 Å². The van der Waals surface area contributed by atoms with E-state index in [2.05, 4.69) is 6.92 Å². The van der Waals surface area contributed by atoms with Crippen molar-refractivity contribution >= 4 is 11.4 Å². The number of nitro groups is 1. The van der Waals surface area contributed by atoms with Crippen molar-refractivity contribution in [2.75, 3.05) is 18.0 Å². The van der Waals surface area contributed by atoms with Gasteiger partial charge in [-0.15, -0.1) is 0 Å². The highest BCUT2D eigenvalue weighted by Crippen LogP contribution is 2.53. The first-order valence-electron chi connectivity index (χ1n) is 8.18. The Bertz CT molecular complexity index is 716. The average Bonchev–Trinajstić information content (AvgIpc) is 2.77. The van der Waals surface area contributed by atoms with Gasteiger partial charge in [-0.1, -0.05) is 0 Å². The Morgan fingerprint density at radius 3 is 2.68 bits per heavy atom. The van der Waals surface area contributed by atoms with Crippen LogP contribution in [0.25, 0.3) is 0 Å². The maximum Gasteiger partial charge on any atom is 0.422 e. The number of nitrogens with zero attached hydrogens (tertiary/aromatic N) is 2. The predicted molar refractivity (Wildman–Crippen MR) is 86.8 cm³/mol. The van der Waals surface area contributed by atoms with Crippen LogP contribution in [0, 0.1) is 23.0 Å². The summed E-state index contributed by atoms with van der Waals surface area (Å²) in [6, 6.07) is 1.24. The molecule has 0 spiro atoms. The molecule has 0 bridgehead atoms. The normalized spacial score (nSPS) is 22.5. The monoisotopic (exact) mass is 357 g/mol. The largest absolute Gasteiger partial charge is 0.486 e. The smallest absolute Gasteiger partial charge is 0.422 e. The van der Waals surface area contributed by atoms with Crippen LogP contribution < -0.4 is 9.64 Å². The maximum atomic E-state index is 13.9. The van der Waals surface area contributed by atoms with E-state index >= 15 is 0 Å². The second-order valence-corrected chi connectivity index (χ2v) is 7.36. The van der Waals surface area contributed by atoms with Gasteiger partial charge in [-0.2, -0.15) is 13.2 Å². The fourth-order valence-electron chi connectivity index (χ4n) is 3.70. The number of rotatable bonds is 2. The summed E-state index contributed by atoms with van der Waals surface area (Å²) in [7, 11) is 0. The van der Waals surface area contributed by atoms with Crippen molar-refractivity contribution in [1.29, 1.82) is 0 Å². The third-order valence-corrected chi connectivity index (χ3v) is 4.62. The van der Waals surface area contributed by atoms with Gasteiger partial charge in [0.15, 0.2) is 0 Å². The van der Waals surface area contributed by atoms with E-state index in [0.29, 0.717) is 13.0 Å². The van der Waals surface area contributed by atoms with Gasteiger partial charge in [-0.05, 0) is 39.5 Å². The lowest BCUT2D eigenvalue weighted by Crippen LogP contribution is -2.36. The molecule has 0 amide bonds. The minimum Gasteiger partial charge on any atom is -0.486 e. The summed E-state index contributed by atoms with van der Waals surface area (Å²) in [5.41, 5.74) is -2.53. The molecular weight excluding hydrogens is 337 g/mol. The number of piperidine rings is 1. The third-order valence-electron chi connectivity index (χ3n) is 4.62. The Morgan fingerprint density at radius 1 is 1.44 bits per heavy atom. The number of alkyl halides is 3. The van der Waals surface area contributed by atoms with Gasteiger partial charge in [-0.3, -0.25) is 10.1 Å². The zero-order valence-electron chi connectivity index (χ0n) is 14.2. The Morgan fingerprint density at radius 2 is 2.12 bits per heavy atom. The molecular formula is C17H20F3N2O3. The molecule has 25 heavy (non-hydrogen) atoms. The molecule has 0 unspecified atom stereocenters. The van der Waals surface area contributed by atoms with Gasteiger partial charge < -0.3 is 9.64 Å². The van der Waals surface area contributed by atoms with Gasteiger partial charge in [0, 0.05) is 31.1 Å². The lowest BCUT2D eigenvalue weighted by atomic mass is 9.95. The van der Waals surface area contributed by atoms with E-state index in [1.165, 1.54) is 11.0 Å².